The fourth-order valence-electron chi connectivity index (χ4n) is 2.78. The first-order valence-corrected chi connectivity index (χ1v) is 6.91. The third kappa shape index (κ3) is 5.01. The lowest BCUT2D eigenvalue weighted by molar-refractivity contribution is 0.101. The Labute approximate surface area is 97.2 Å². The average molecular weight is 213 g/mol. The van der Waals surface area contributed by atoms with Crippen LogP contribution in [0.4, 0.5) is 0 Å². The van der Waals surface area contributed by atoms with E-state index < -0.39 is 0 Å². The Morgan fingerprint density at radius 3 is 1.67 bits per heavy atom. The van der Waals surface area contributed by atoms with Crippen LogP contribution in [-0.2, 0) is 0 Å². The summed E-state index contributed by atoms with van der Waals surface area (Å²) in [5.74, 6) is 0. The van der Waals surface area contributed by atoms with Crippen LogP contribution in [0.15, 0.2) is 0 Å². The average Bonchev–Trinajstić information content (AvgIpc) is 2.26. The highest BCUT2D eigenvalue weighted by Gasteiger charge is 2.31. The molecule has 1 heterocycles. The Bertz CT molecular complexity index is 126. The number of rotatable bonds is 4. The van der Waals surface area contributed by atoms with Gasteiger partial charge < -0.3 is 4.90 Å². The van der Waals surface area contributed by atoms with Crippen molar-refractivity contribution in [2.75, 3.05) is 20.1 Å². The Morgan fingerprint density at radius 2 is 1.33 bits per heavy atom. The standard InChI is InChI=1S/C12H25N.C2H6/c1-4-6-12(7-5-2)8-10-13(3)11-9-12;1-2/h4-11H2,1-3H3;1-2H3. The number of likely N-dealkylation sites (tertiary alicyclic amines) is 1. The van der Waals surface area contributed by atoms with E-state index in [4.69, 9.17) is 0 Å². The molecular weight excluding hydrogens is 182 g/mol. The van der Waals surface area contributed by atoms with Crippen LogP contribution in [0.3, 0.4) is 0 Å². The Hall–Kier alpha value is -0.0400. The molecule has 0 bridgehead atoms. The highest BCUT2D eigenvalue weighted by atomic mass is 15.1. The molecule has 1 saturated heterocycles. The van der Waals surface area contributed by atoms with Crippen molar-refractivity contribution < 1.29 is 0 Å². The van der Waals surface area contributed by atoms with E-state index in [0.29, 0.717) is 0 Å². The zero-order valence-electron chi connectivity index (χ0n) is 11.6. The molecule has 92 valence electrons. The molecule has 1 aliphatic heterocycles. The molecule has 15 heavy (non-hydrogen) atoms. The first-order valence-electron chi connectivity index (χ1n) is 6.91. The highest BCUT2D eigenvalue weighted by Crippen LogP contribution is 2.39. The molecule has 0 unspecified atom stereocenters. The normalized spacial score (nSPS) is 20.6. The number of nitrogens with zero attached hydrogens (tertiary/aromatic N) is 1. The summed E-state index contributed by atoms with van der Waals surface area (Å²) in [7, 11) is 2.25. The smallest absolute Gasteiger partial charge is 0.00165 e. The summed E-state index contributed by atoms with van der Waals surface area (Å²) in [6.07, 6.45) is 8.51. The summed E-state index contributed by atoms with van der Waals surface area (Å²) >= 11 is 0. The fourth-order valence-corrected chi connectivity index (χ4v) is 2.78. The number of hydrogen-bond donors (Lipinski definition) is 0. The molecule has 1 heteroatoms. The van der Waals surface area contributed by atoms with Gasteiger partial charge in [0.1, 0.15) is 0 Å². The minimum absolute atomic E-state index is 0.718. The quantitative estimate of drug-likeness (QED) is 0.672. The molecule has 0 aliphatic carbocycles. The first kappa shape index (κ1) is 15.0. The van der Waals surface area contributed by atoms with Crippen molar-refractivity contribution in [3.8, 4) is 0 Å². The topological polar surface area (TPSA) is 3.24 Å². The lowest BCUT2D eigenvalue weighted by atomic mass is 9.72. The van der Waals surface area contributed by atoms with E-state index in [0.717, 1.165) is 5.41 Å². The lowest BCUT2D eigenvalue weighted by Gasteiger charge is -2.40. The van der Waals surface area contributed by atoms with Crippen LogP contribution in [0.1, 0.15) is 66.2 Å². The molecule has 1 rings (SSSR count). The minimum atomic E-state index is 0.718. The van der Waals surface area contributed by atoms with E-state index in [1.54, 1.807) is 0 Å². The molecule has 0 spiro atoms. The summed E-state index contributed by atoms with van der Waals surface area (Å²) in [4.78, 5) is 2.48. The van der Waals surface area contributed by atoms with Gasteiger partial charge in [-0.3, -0.25) is 0 Å². The molecule has 0 radical (unpaired) electrons. The predicted molar refractivity (Wildman–Crippen MR) is 70.3 cm³/mol. The van der Waals surface area contributed by atoms with E-state index >= 15 is 0 Å². The van der Waals surface area contributed by atoms with Gasteiger partial charge in [-0.2, -0.15) is 0 Å². The van der Waals surface area contributed by atoms with Crippen molar-refractivity contribution in [2.24, 2.45) is 5.41 Å². The predicted octanol–water partition coefficient (Wildman–Crippen LogP) is 4.32. The van der Waals surface area contributed by atoms with Gasteiger partial charge in [-0.25, -0.2) is 0 Å². The summed E-state index contributed by atoms with van der Waals surface area (Å²) < 4.78 is 0. The molecule has 1 fully saturated rings. The molecule has 0 atom stereocenters. The lowest BCUT2D eigenvalue weighted by Crippen LogP contribution is -2.37. The second-order valence-electron chi connectivity index (χ2n) is 4.80. The van der Waals surface area contributed by atoms with Gasteiger partial charge in [0.05, 0.1) is 0 Å². The van der Waals surface area contributed by atoms with E-state index in [1.165, 1.54) is 51.6 Å². The van der Waals surface area contributed by atoms with Gasteiger partial charge in [0.15, 0.2) is 0 Å². The van der Waals surface area contributed by atoms with Gasteiger partial charge in [0.2, 0.25) is 0 Å². The zero-order chi connectivity index (χ0) is 11.7. The summed E-state index contributed by atoms with van der Waals surface area (Å²) in [6.45, 7) is 11.3. The van der Waals surface area contributed by atoms with Crippen LogP contribution in [0.5, 0.6) is 0 Å². The molecule has 0 aromatic carbocycles. The molecular formula is C14H31N. The van der Waals surface area contributed by atoms with Crippen molar-refractivity contribution in [1.82, 2.24) is 4.90 Å². The van der Waals surface area contributed by atoms with E-state index in [-0.39, 0.29) is 0 Å². The minimum Gasteiger partial charge on any atom is -0.306 e. The molecule has 0 N–H and O–H groups in total. The van der Waals surface area contributed by atoms with Gasteiger partial charge in [-0.05, 0) is 51.2 Å². The molecule has 0 aromatic heterocycles. The molecule has 0 saturated carbocycles. The van der Waals surface area contributed by atoms with E-state index in [1.807, 2.05) is 13.8 Å². The van der Waals surface area contributed by atoms with E-state index in [2.05, 4.69) is 25.8 Å². The first-order chi connectivity index (χ1) is 7.22. The van der Waals surface area contributed by atoms with E-state index in [9.17, 15) is 0 Å². The van der Waals surface area contributed by atoms with Crippen LogP contribution in [-0.4, -0.2) is 25.0 Å². The van der Waals surface area contributed by atoms with Crippen LogP contribution in [0.2, 0.25) is 0 Å². The zero-order valence-corrected chi connectivity index (χ0v) is 11.6. The SMILES string of the molecule is CC.CCCC1(CCC)CCN(C)CC1. The van der Waals surface area contributed by atoms with Gasteiger partial charge >= 0.3 is 0 Å². The molecule has 1 nitrogen and oxygen atoms in total. The van der Waals surface area contributed by atoms with Crippen molar-refractivity contribution >= 4 is 0 Å². The van der Waals surface area contributed by atoms with Crippen LogP contribution < -0.4 is 0 Å². The fraction of sp³-hybridized carbons (Fsp3) is 1.00. The molecule has 1 aliphatic rings. The maximum absolute atomic E-state index is 2.48. The van der Waals surface area contributed by atoms with Crippen LogP contribution in [0, 0.1) is 5.41 Å². The van der Waals surface area contributed by atoms with Crippen molar-refractivity contribution in [2.45, 2.75) is 66.2 Å². The molecule has 0 amide bonds. The second kappa shape index (κ2) is 8.15. The highest BCUT2D eigenvalue weighted by molar-refractivity contribution is 4.84. The van der Waals surface area contributed by atoms with Gasteiger partial charge in [-0.15, -0.1) is 0 Å². The van der Waals surface area contributed by atoms with Crippen LogP contribution in [0.25, 0.3) is 0 Å². The summed E-state index contributed by atoms with van der Waals surface area (Å²) in [5, 5.41) is 0. The third-order valence-corrected chi connectivity index (χ3v) is 3.61. The maximum Gasteiger partial charge on any atom is -0.00165 e. The Kier molecular flexibility index (Phi) is 8.13. The maximum atomic E-state index is 2.48. The molecule has 0 aromatic rings. The number of piperidine rings is 1. The van der Waals surface area contributed by atoms with Gasteiger partial charge in [0, 0.05) is 0 Å². The van der Waals surface area contributed by atoms with Crippen molar-refractivity contribution in [3.05, 3.63) is 0 Å². The van der Waals surface area contributed by atoms with Crippen molar-refractivity contribution in [1.29, 1.82) is 0 Å². The van der Waals surface area contributed by atoms with Crippen molar-refractivity contribution in [3.63, 3.8) is 0 Å². The monoisotopic (exact) mass is 213 g/mol. The second-order valence-corrected chi connectivity index (χ2v) is 4.80. The largest absolute Gasteiger partial charge is 0.306 e. The third-order valence-electron chi connectivity index (χ3n) is 3.61. The Morgan fingerprint density at radius 1 is 0.933 bits per heavy atom. The van der Waals surface area contributed by atoms with Gasteiger partial charge in [-0.1, -0.05) is 40.5 Å². The number of hydrogen-bond acceptors (Lipinski definition) is 1. The summed E-state index contributed by atoms with van der Waals surface area (Å²) in [6, 6.07) is 0. The van der Waals surface area contributed by atoms with Gasteiger partial charge in [0.25, 0.3) is 0 Å². The Balaban J connectivity index is 0.000000921. The summed E-state index contributed by atoms with van der Waals surface area (Å²) in [5.41, 5.74) is 0.718. The van der Waals surface area contributed by atoms with Crippen LogP contribution >= 0.6 is 0 Å².